The summed E-state index contributed by atoms with van der Waals surface area (Å²) < 4.78 is 35.8. The van der Waals surface area contributed by atoms with E-state index in [1.165, 1.54) is 9.80 Å². The van der Waals surface area contributed by atoms with Crippen molar-refractivity contribution in [3.05, 3.63) is 118 Å². The predicted octanol–water partition coefficient (Wildman–Crippen LogP) is 10.9. The second-order valence-electron chi connectivity index (χ2n) is 18.6. The number of Topliss-reactive ketones (excluding diaryl/α,β-unsaturated/α-hetero) is 2. The number of nitrogens with zero attached hydrogens (tertiary/aromatic N) is 2. The molecule has 0 fully saturated rings. The maximum absolute atomic E-state index is 13.2. The Morgan fingerprint density at radius 2 is 0.639 bits per heavy atom. The number of fused-ring (bicyclic) bond motifs is 4. The van der Waals surface area contributed by atoms with Gasteiger partial charge in [-0.25, -0.2) is 0 Å². The summed E-state index contributed by atoms with van der Waals surface area (Å²) in [7, 11) is 0. The van der Waals surface area contributed by atoms with Crippen molar-refractivity contribution in [3.63, 3.8) is 0 Å². The lowest BCUT2D eigenvalue weighted by Crippen LogP contribution is -2.30. The first-order chi connectivity index (χ1) is 35.3. The van der Waals surface area contributed by atoms with Crippen molar-refractivity contribution < 1.29 is 57.2 Å². The molecule has 3 aliphatic rings. The van der Waals surface area contributed by atoms with Crippen molar-refractivity contribution in [2.75, 3.05) is 65.9 Å². The van der Waals surface area contributed by atoms with Crippen molar-refractivity contribution in [2.24, 2.45) is 0 Å². The molecule has 0 saturated carbocycles. The van der Waals surface area contributed by atoms with Crippen LogP contribution in [-0.4, -0.2) is 111 Å². The normalized spacial score (nSPS) is 15.3. The summed E-state index contributed by atoms with van der Waals surface area (Å²) in [4.78, 5) is 79.5. The number of carbonyl (C=O) groups excluding carboxylic acids is 6. The van der Waals surface area contributed by atoms with E-state index in [-0.39, 0.29) is 74.8 Å². The van der Waals surface area contributed by atoms with Crippen LogP contribution in [0.25, 0.3) is 0 Å². The summed E-state index contributed by atoms with van der Waals surface area (Å²) in [5, 5.41) is 0. The van der Waals surface area contributed by atoms with Crippen LogP contribution in [0.3, 0.4) is 0 Å². The van der Waals surface area contributed by atoms with Crippen molar-refractivity contribution in [1.29, 1.82) is 0 Å². The fraction of sp³-hybridized carbons (Fsp3) is 0.483. The number of unbranched alkanes of at least 4 members (excludes halogenated alkanes) is 14. The molecule has 0 radical (unpaired) electrons. The summed E-state index contributed by atoms with van der Waals surface area (Å²) in [5.74, 6) is 1.29. The van der Waals surface area contributed by atoms with Crippen LogP contribution in [0.1, 0.15) is 178 Å². The average Bonchev–Trinajstić information content (AvgIpc) is 3.79. The molecular weight excluding hydrogens is 917 g/mol. The van der Waals surface area contributed by atoms with Gasteiger partial charge in [0.1, 0.15) is 26.4 Å². The Balaban J connectivity index is 0.747. The highest BCUT2D eigenvalue weighted by Gasteiger charge is 2.35. The molecule has 0 unspecified atom stereocenters. The zero-order chi connectivity index (χ0) is 50.3. The molecule has 7 rings (SSSR count). The number of hydrogen-bond donors (Lipinski definition) is 0. The van der Waals surface area contributed by atoms with Gasteiger partial charge in [0.05, 0.1) is 48.7 Å². The Morgan fingerprint density at radius 1 is 0.347 bits per heavy atom. The molecule has 4 aromatic rings. The minimum Gasteiger partial charge on any atom is -0.487 e. The van der Waals surface area contributed by atoms with Gasteiger partial charge in [-0.05, 0) is 86.3 Å². The van der Waals surface area contributed by atoms with Gasteiger partial charge in [-0.15, -0.1) is 0 Å². The second-order valence-corrected chi connectivity index (χ2v) is 18.6. The first-order valence-corrected chi connectivity index (χ1v) is 26.2. The van der Waals surface area contributed by atoms with Crippen molar-refractivity contribution in [1.82, 2.24) is 9.80 Å². The molecule has 0 saturated heterocycles. The van der Waals surface area contributed by atoms with Gasteiger partial charge in [0.25, 0.3) is 23.6 Å². The number of carbonyl (C=O) groups is 6. The number of benzene rings is 4. The van der Waals surface area contributed by atoms with E-state index in [0.29, 0.717) is 95.5 Å². The van der Waals surface area contributed by atoms with Gasteiger partial charge >= 0.3 is 0 Å². The molecule has 4 aromatic carbocycles. The lowest BCUT2D eigenvalue weighted by molar-refractivity contribution is 0.0636. The maximum atomic E-state index is 13.2. The standard InChI is InChI=1S/C58H70N2O12/c61-49(25-13-9-5-1-3-7-11-19-31-59-55(63)45-21-15-16-22-46(45)56(59)64)43-27-29-51-53(41-43)71-39-35-68-36-40-72-54-42-44(28-30-52(54)70-38-34-67-33-37-69-51)50(62)26-14-10-6-2-4-8-12-20-32-60-57(65)47-23-17-18-24-48(47)58(60)66/h15-18,21-24,27-30,41-42H,1-14,19-20,25-26,31-40H2. The Morgan fingerprint density at radius 3 is 0.972 bits per heavy atom. The van der Waals surface area contributed by atoms with Crippen LogP contribution in [-0.2, 0) is 9.47 Å². The first-order valence-electron chi connectivity index (χ1n) is 26.2. The number of imide groups is 2. The third-order valence-corrected chi connectivity index (χ3v) is 13.3. The fourth-order valence-corrected chi connectivity index (χ4v) is 9.28. The first kappa shape index (κ1) is 53.4. The Kier molecular flexibility index (Phi) is 21.2. The molecule has 3 aliphatic heterocycles. The van der Waals surface area contributed by atoms with Crippen LogP contribution in [0, 0.1) is 0 Å². The number of ether oxygens (including phenoxy) is 6. The summed E-state index contributed by atoms with van der Waals surface area (Å²) >= 11 is 0. The van der Waals surface area contributed by atoms with Crippen LogP contribution in [0.5, 0.6) is 23.0 Å². The van der Waals surface area contributed by atoms with Crippen LogP contribution >= 0.6 is 0 Å². The SMILES string of the molecule is O=C(CCCCCCCCCCN1C(=O)c2ccccc2C1=O)c1ccc2c(c1)OCCOCCOc1cc(C(=O)CCCCCCCCCCN3C(=O)c4ccccc4C3=O)ccc1OCCOCCO2. The van der Waals surface area contributed by atoms with Crippen molar-refractivity contribution in [3.8, 4) is 23.0 Å². The lowest BCUT2D eigenvalue weighted by Gasteiger charge is -2.16. The van der Waals surface area contributed by atoms with Crippen LogP contribution in [0.15, 0.2) is 84.9 Å². The van der Waals surface area contributed by atoms with Gasteiger partial charge in [0.2, 0.25) is 0 Å². The van der Waals surface area contributed by atoms with E-state index >= 15 is 0 Å². The third kappa shape index (κ3) is 15.3. The summed E-state index contributed by atoms with van der Waals surface area (Å²) in [6, 6.07) is 24.5. The summed E-state index contributed by atoms with van der Waals surface area (Å²) in [6.45, 7) is 3.06. The molecule has 0 N–H and O–H groups in total. The zero-order valence-corrected chi connectivity index (χ0v) is 41.7. The van der Waals surface area contributed by atoms with Crippen LogP contribution < -0.4 is 18.9 Å². The molecule has 0 aromatic heterocycles. The Bertz CT molecular complexity index is 2230. The largest absolute Gasteiger partial charge is 0.487 e. The van der Waals surface area contributed by atoms with E-state index in [2.05, 4.69) is 0 Å². The minimum absolute atomic E-state index is 0.0491. The number of ketones is 2. The summed E-state index contributed by atoms with van der Waals surface area (Å²) in [6.07, 6.45) is 16.4. The van der Waals surface area contributed by atoms with Crippen molar-refractivity contribution >= 4 is 35.2 Å². The van der Waals surface area contributed by atoms with Crippen LogP contribution in [0.2, 0.25) is 0 Å². The van der Waals surface area contributed by atoms with Gasteiger partial charge in [0, 0.05) is 37.1 Å². The number of amides is 4. The van der Waals surface area contributed by atoms with E-state index in [9.17, 15) is 28.8 Å². The minimum atomic E-state index is -0.193. The highest BCUT2D eigenvalue weighted by atomic mass is 16.6. The quantitative estimate of drug-likeness (QED) is 0.0371. The van der Waals surface area contributed by atoms with E-state index < -0.39 is 0 Å². The summed E-state index contributed by atoms with van der Waals surface area (Å²) in [5.41, 5.74) is 3.12. The lowest BCUT2D eigenvalue weighted by atomic mass is 10.0. The van der Waals surface area contributed by atoms with Gasteiger partial charge in [-0.3, -0.25) is 38.6 Å². The molecule has 14 heteroatoms. The Labute approximate surface area is 423 Å². The number of rotatable bonds is 24. The van der Waals surface area contributed by atoms with E-state index in [0.717, 1.165) is 103 Å². The third-order valence-electron chi connectivity index (χ3n) is 13.3. The van der Waals surface area contributed by atoms with E-state index in [1.54, 1.807) is 84.9 Å². The van der Waals surface area contributed by atoms with Gasteiger partial charge < -0.3 is 28.4 Å². The van der Waals surface area contributed by atoms with E-state index in [1.807, 2.05) is 0 Å². The molecule has 14 nitrogen and oxygen atoms in total. The molecule has 384 valence electrons. The average molecular weight is 987 g/mol. The highest BCUT2D eigenvalue weighted by molar-refractivity contribution is 6.22. The van der Waals surface area contributed by atoms with E-state index in [4.69, 9.17) is 28.4 Å². The van der Waals surface area contributed by atoms with Crippen molar-refractivity contribution in [2.45, 2.75) is 116 Å². The van der Waals surface area contributed by atoms with Gasteiger partial charge in [0.15, 0.2) is 34.6 Å². The molecule has 3 heterocycles. The maximum Gasteiger partial charge on any atom is 0.261 e. The Hall–Kier alpha value is -6.38. The number of hydrogen-bond acceptors (Lipinski definition) is 12. The monoisotopic (exact) mass is 986 g/mol. The second kappa shape index (κ2) is 28.6. The predicted molar refractivity (Wildman–Crippen MR) is 272 cm³/mol. The van der Waals surface area contributed by atoms with Crippen LogP contribution in [0.4, 0.5) is 0 Å². The zero-order valence-electron chi connectivity index (χ0n) is 41.7. The van der Waals surface area contributed by atoms with Gasteiger partial charge in [-0.2, -0.15) is 0 Å². The molecule has 0 spiro atoms. The molecule has 0 atom stereocenters. The molecule has 0 aliphatic carbocycles. The fourth-order valence-electron chi connectivity index (χ4n) is 9.28. The highest BCUT2D eigenvalue weighted by Crippen LogP contribution is 2.32. The topological polar surface area (TPSA) is 164 Å². The molecule has 4 amide bonds. The molecular formula is C58H70N2O12. The molecule has 72 heavy (non-hydrogen) atoms. The smallest absolute Gasteiger partial charge is 0.261 e. The molecule has 0 bridgehead atoms. The van der Waals surface area contributed by atoms with Gasteiger partial charge in [-0.1, -0.05) is 101 Å².